The van der Waals surface area contributed by atoms with E-state index in [2.05, 4.69) is 10.1 Å². The maximum atomic E-state index is 5.56. The number of hydrogen-bond donors (Lipinski definition) is 0. The van der Waals surface area contributed by atoms with Crippen LogP contribution in [0.1, 0.15) is 16.3 Å². The fourth-order valence-corrected chi connectivity index (χ4v) is 2.64. The molecule has 0 aliphatic carbocycles. The van der Waals surface area contributed by atoms with Crippen LogP contribution < -0.4 is 4.74 Å². The van der Waals surface area contributed by atoms with Gasteiger partial charge in [-0.15, -0.1) is 16.4 Å². The molecule has 118 valence electrons. The van der Waals surface area contributed by atoms with E-state index in [9.17, 15) is 0 Å². The Hall–Kier alpha value is -2.44. The zero-order valence-electron chi connectivity index (χ0n) is 13.0. The second kappa shape index (κ2) is 7.21. The van der Waals surface area contributed by atoms with Crippen molar-refractivity contribution >= 4 is 23.5 Å². The average Bonchev–Trinajstić information content (AvgIpc) is 3.18. The van der Waals surface area contributed by atoms with E-state index in [4.69, 9.17) is 9.47 Å². The number of thiazole rings is 1. The molecular formula is C17H17N3O2S. The second-order valence-electron chi connectivity index (χ2n) is 4.85. The Labute approximate surface area is 138 Å². The van der Waals surface area contributed by atoms with E-state index in [0.717, 1.165) is 22.0 Å². The first-order valence-corrected chi connectivity index (χ1v) is 8.01. The average molecular weight is 327 g/mol. The molecule has 0 aliphatic rings. The third-order valence-electron chi connectivity index (χ3n) is 3.11. The van der Waals surface area contributed by atoms with Crippen LogP contribution in [0, 0.1) is 6.92 Å². The van der Waals surface area contributed by atoms with Gasteiger partial charge in [0.05, 0.1) is 22.0 Å². The summed E-state index contributed by atoms with van der Waals surface area (Å²) in [5.74, 6) is 0.527. The Morgan fingerprint density at radius 3 is 2.74 bits per heavy atom. The summed E-state index contributed by atoms with van der Waals surface area (Å²) in [7, 11) is 1.59. The van der Waals surface area contributed by atoms with Crippen molar-refractivity contribution < 1.29 is 9.47 Å². The van der Waals surface area contributed by atoms with Crippen LogP contribution in [0.15, 0.2) is 41.9 Å². The van der Waals surface area contributed by atoms with Gasteiger partial charge in [0.1, 0.15) is 0 Å². The molecule has 6 heteroatoms. The molecule has 0 bridgehead atoms. The molecule has 5 nitrogen and oxygen atoms in total. The summed E-state index contributed by atoms with van der Waals surface area (Å²) in [6, 6.07) is 9.90. The zero-order chi connectivity index (χ0) is 16.1. The van der Waals surface area contributed by atoms with E-state index in [1.165, 1.54) is 0 Å². The SMILES string of the molecule is COCOc1nn(-c2ccccc2)cc1/C=C/c1csc(C)n1. The molecule has 2 aromatic heterocycles. The van der Waals surface area contributed by atoms with Gasteiger partial charge in [-0.05, 0) is 31.2 Å². The molecule has 23 heavy (non-hydrogen) atoms. The number of para-hydroxylation sites is 1. The smallest absolute Gasteiger partial charge is 0.242 e. The van der Waals surface area contributed by atoms with Crippen LogP contribution in [0.3, 0.4) is 0 Å². The third kappa shape index (κ3) is 3.85. The monoisotopic (exact) mass is 327 g/mol. The highest BCUT2D eigenvalue weighted by atomic mass is 32.1. The first kappa shape index (κ1) is 15.5. The van der Waals surface area contributed by atoms with Gasteiger partial charge in [0, 0.05) is 18.7 Å². The van der Waals surface area contributed by atoms with Crippen LogP contribution in [-0.4, -0.2) is 28.7 Å². The fourth-order valence-electron chi connectivity index (χ4n) is 2.06. The molecule has 0 radical (unpaired) electrons. The van der Waals surface area contributed by atoms with Gasteiger partial charge in [0.2, 0.25) is 5.88 Å². The van der Waals surface area contributed by atoms with Gasteiger partial charge in [-0.3, -0.25) is 0 Å². The number of aromatic nitrogens is 3. The minimum absolute atomic E-state index is 0.155. The lowest BCUT2D eigenvalue weighted by Gasteiger charge is -2.01. The van der Waals surface area contributed by atoms with Crippen molar-refractivity contribution in [3.8, 4) is 11.6 Å². The van der Waals surface area contributed by atoms with E-state index >= 15 is 0 Å². The molecule has 0 saturated carbocycles. The number of rotatable bonds is 6. The highest BCUT2D eigenvalue weighted by Crippen LogP contribution is 2.22. The number of aryl methyl sites for hydroxylation is 1. The van der Waals surface area contributed by atoms with Crippen molar-refractivity contribution in [2.24, 2.45) is 0 Å². The number of benzene rings is 1. The predicted octanol–water partition coefficient (Wildman–Crippen LogP) is 3.79. The number of methoxy groups -OCH3 is 1. The van der Waals surface area contributed by atoms with Crippen molar-refractivity contribution in [3.05, 3.63) is 58.2 Å². The standard InChI is InChI=1S/C17H17N3O2S/c1-13-18-15(11-23-13)9-8-14-10-20(16-6-4-3-5-7-16)19-17(14)22-12-21-2/h3-11H,12H2,1-2H3/b9-8+. The van der Waals surface area contributed by atoms with E-state index < -0.39 is 0 Å². The summed E-state index contributed by atoms with van der Waals surface area (Å²) >= 11 is 1.63. The summed E-state index contributed by atoms with van der Waals surface area (Å²) in [5.41, 5.74) is 2.77. The van der Waals surface area contributed by atoms with Gasteiger partial charge < -0.3 is 9.47 Å². The Kier molecular flexibility index (Phi) is 4.85. The Morgan fingerprint density at radius 1 is 1.22 bits per heavy atom. The van der Waals surface area contributed by atoms with Gasteiger partial charge in [-0.2, -0.15) is 0 Å². The van der Waals surface area contributed by atoms with Gasteiger partial charge in [0.15, 0.2) is 6.79 Å². The lowest BCUT2D eigenvalue weighted by Crippen LogP contribution is -2.01. The van der Waals surface area contributed by atoms with Crippen LogP contribution in [-0.2, 0) is 4.74 Å². The predicted molar refractivity (Wildman–Crippen MR) is 91.8 cm³/mol. The first-order chi connectivity index (χ1) is 11.3. The number of nitrogens with zero attached hydrogens (tertiary/aromatic N) is 3. The molecule has 1 aromatic carbocycles. The molecule has 0 spiro atoms. The van der Waals surface area contributed by atoms with E-state index in [-0.39, 0.29) is 6.79 Å². The largest absolute Gasteiger partial charge is 0.449 e. The molecule has 0 fully saturated rings. The number of ether oxygens (including phenoxy) is 2. The van der Waals surface area contributed by atoms with Crippen LogP contribution in [0.5, 0.6) is 5.88 Å². The normalized spacial score (nSPS) is 11.2. The first-order valence-electron chi connectivity index (χ1n) is 7.13. The molecule has 0 aliphatic heterocycles. The van der Waals surface area contributed by atoms with E-state index in [0.29, 0.717) is 5.88 Å². The van der Waals surface area contributed by atoms with Gasteiger partial charge >= 0.3 is 0 Å². The van der Waals surface area contributed by atoms with Crippen molar-refractivity contribution in [1.29, 1.82) is 0 Å². The molecule has 0 unspecified atom stereocenters. The summed E-state index contributed by atoms with van der Waals surface area (Å²) in [6.45, 7) is 2.14. The van der Waals surface area contributed by atoms with Gasteiger partial charge in [-0.1, -0.05) is 18.2 Å². The maximum absolute atomic E-state index is 5.56. The van der Waals surface area contributed by atoms with Gasteiger partial charge in [-0.25, -0.2) is 9.67 Å². The van der Waals surface area contributed by atoms with Gasteiger partial charge in [0.25, 0.3) is 0 Å². The molecule has 3 rings (SSSR count). The fraction of sp³-hybridized carbons (Fsp3) is 0.176. The van der Waals surface area contributed by atoms with Crippen LogP contribution in [0.4, 0.5) is 0 Å². The Morgan fingerprint density at radius 2 is 2.04 bits per heavy atom. The van der Waals surface area contributed by atoms with Crippen LogP contribution >= 0.6 is 11.3 Å². The van der Waals surface area contributed by atoms with Crippen LogP contribution in [0.2, 0.25) is 0 Å². The molecule has 0 atom stereocenters. The summed E-state index contributed by atoms with van der Waals surface area (Å²) < 4.78 is 12.3. The van der Waals surface area contributed by atoms with Crippen molar-refractivity contribution in [2.75, 3.05) is 13.9 Å². The summed E-state index contributed by atoms with van der Waals surface area (Å²) in [6.07, 6.45) is 5.83. The molecular weight excluding hydrogens is 310 g/mol. The lowest BCUT2D eigenvalue weighted by molar-refractivity contribution is 0.0474. The Balaban J connectivity index is 1.90. The molecule has 2 heterocycles. The minimum Gasteiger partial charge on any atom is -0.449 e. The number of hydrogen-bond acceptors (Lipinski definition) is 5. The third-order valence-corrected chi connectivity index (χ3v) is 3.90. The zero-order valence-corrected chi connectivity index (χ0v) is 13.8. The van der Waals surface area contributed by atoms with Crippen LogP contribution in [0.25, 0.3) is 17.8 Å². The summed E-state index contributed by atoms with van der Waals surface area (Å²) in [4.78, 5) is 4.42. The molecule has 0 saturated heterocycles. The van der Waals surface area contributed by atoms with Crippen molar-refractivity contribution in [1.82, 2.24) is 14.8 Å². The van der Waals surface area contributed by atoms with Crippen molar-refractivity contribution in [2.45, 2.75) is 6.92 Å². The van der Waals surface area contributed by atoms with E-state index in [1.807, 2.05) is 61.0 Å². The quantitative estimate of drug-likeness (QED) is 0.646. The topological polar surface area (TPSA) is 49.2 Å². The molecule has 3 aromatic rings. The van der Waals surface area contributed by atoms with Crippen molar-refractivity contribution in [3.63, 3.8) is 0 Å². The molecule has 0 N–H and O–H groups in total. The lowest BCUT2D eigenvalue weighted by atomic mass is 10.3. The second-order valence-corrected chi connectivity index (χ2v) is 5.91. The Bertz CT molecular complexity index is 793. The minimum atomic E-state index is 0.155. The summed E-state index contributed by atoms with van der Waals surface area (Å²) in [5, 5.41) is 7.54. The maximum Gasteiger partial charge on any atom is 0.242 e. The van der Waals surface area contributed by atoms with E-state index in [1.54, 1.807) is 23.1 Å². The highest BCUT2D eigenvalue weighted by molar-refractivity contribution is 7.09. The highest BCUT2D eigenvalue weighted by Gasteiger charge is 2.09. The molecule has 0 amide bonds.